The van der Waals surface area contributed by atoms with E-state index in [2.05, 4.69) is 27.7 Å². The van der Waals surface area contributed by atoms with E-state index in [4.69, 9.17) is 0 Å². The van der Waals surface area contributed by atoms with Gasteiger partial charge in [0.25, 0.3) is 0 Å². The molecule has 0 aliphatic rings. The van der Waals surface area contributed by atoms with Gasteiger partial charge in [0.15, 0.2) is 0 Å². The van der Waals surface area contributed by atoms with E-state index in [1.807, 2.05) is 0 Å². The molecule has 0 amide bonds. The van der Waals surface area contributed by atoms with Crippen LogP contribution in [0.15, 0.2) is 0 Å². The fraction of sp³-hybridized carbons (Fsp3) is 1.00. The van der Waals surface area contributed by atoms with Crippen molar-refractivity contribution in [3.8, 4) is 0 Å². The Bertz CT molecular complexity index is 190. The third-order valence-electron chi connectivity index (χ3n) is 4.66. The first-order chi connectivity index (χ1) is 9.74. The lowest BCUT2D eigenvalue weighted by Gasteiger charge is -2.28. The van der Waals surface area contributed by atoms with Crippen LogP contribution < -0.4 is 0 Å². The molecule has 20 heavy (non-hydrogen) atoms. The minimum atomic E-state index is -0.591. The van der Waals surface area contributed by atoms with Crippen LogP contribution in [0.25, 0.3) is 0 Å². The van der Waals surface area contributed by atoms with E-state index < -0.39 is 7.26 Å². The maximum atomic E-state index is 2.41. The Labute approximate surface area is 130 Å². The molecule has 0 bridgehead atoms. The second-order valence-corrected chi connectivity index (χ2v) is 11.2. The van der Waals surface area contributed by atoms with Gasteiger partial charge >= 0.3 is 0 Å². The van der Waals surface area contributed by atoms with Gasteiger partial charge in [0.1, 0.15) is 0 Å². The Hall–Kier alpha value is 0.430. The summed E-state index contributed by atoms with van der Waals surface area (Å²) in [6.45, 7) is 9.45. The topological polar surface area (TPSA) is 0 Å². The van der Waals surface area contributed by atoms with Crippen molar-refractivity contribution in [2.45, 2.75) is 98.3 Å². The Kier molecular flexibility index (Phi) is 14.7. The summed E-state index contributed by atoms with van der Waals surface area (Å²) in [5.41, 5.74) is 0. The third kappa shape index (κ3) is 10.2. The van der Waals surface area contributed by atoms with E-state index >= 15 is 0 Å². The summed E-state index contributed by atoms with van der Waals surface area (Å²) in [6, 6.07) is 0. The maximum absolute atomic E-state index is 2.41. The Balaban J connectivity index is 4.28. The van der Waals surface area contributed by atoms with Gasteiger partial charge in [-0.1, -0.05) is 66.2 Å². The fourth-order valence-corrected chi connectivity index (χ4v) is 8.45. The molecule has 0 aliphatic carbocycles. The zero-order valence-corrected chi connectivity index (χ0v) is 15.9. The molecular weight excluding hydrogens is 259 g/mol. The fourth-order valence-electron chi connectivity index (χ4n) is 3.39. The molecule has 0 aromatic rings. The second-order valence-electron chi connectivity index (χ2n) is 6.71. The summed E-state index contributed by atoms with van der Waals surface area (Å²) in [7, 11) is -0.591. The molecular formula is C19H42P+. The SMILES string of the molecule is CCCCCCC[P+](CCC)(CCCC)CCCCC. The number of unbranched alkanes of at least 4 members (excludes halogenated alkanes) is 7. The standard InChI is InChI=1S/C19H42P/c1-5-9-12-13-15-19-20(16-8-4,17-11-7-3)18-14-10-6-2/h5-19H2,1-4H3/q+1. The zero-order chi connectivity index (χ0) is 15.1. The molecule has 0 heterocycles. The van der Waals surface area contributed by atoms with Gasteiger partial charge in [-0.05, 0) is 32.1 Å². The zero-order valence-electron chi connectivity index (χ0n) is 15.1. The van der Waals surface area contributed by atoms with Crippen LogP contribution in [-0.4, -0.2) is 24.6 Å². The van der Waals surface area contributed by atoms with Crippen LogP contribution in [0.5, 0.6) is 0 Å². The highest BCUT2D eigenvalue weighted by atomic mass is 31.2. The smallest absolute Gasteiger partial charge is 0.0594 e. The summed E-state index contributed by atoms with van der Waals surface area (Å²) in [4.78, 5) is 0. The largest absolute Gasteiger partial charge is 0.0654 e. The van der Waals surface area contributed by atoms with Crippen molar-refractivity contribution >= 4 is 7.26 Å². The lowest BCUT2D eigenvalue weighted by molar-refractivity contribution is 0.655. The Morgan fingerprint density at radius 2 is 0.850 bits per heavy atom. The predicted octanol–water partition coefficient (Wildman–Crippen LogP) is 7.37. The van der Waals surface area contributed by atoms with Crippen molar-refractivity contribution in [3.05, 3.63) is 0 Å². The van der Waals surface area contributed by atoms with E-state index in [0.717, 1.165) is 0 Å². The molecule has 0 N–H and O–H groups in total. The van der Waals surface area contributed by atoms with Crippen LogP contribution in [0, 0.1) is 0 Å². The molecule has 0 aliphatic heterocycles. The van der Waals surface area contributed by atoms with Crippen LogP contribution in [0.3, 0.4) is 0 Å². The Morgan fingerprint density at radius 3 is 1.40 bits per heavy atom. The van der Waals surface area contributed by atoms with E-state index in [1.54, 1.807) is 24.6 Å². The molecule has 0 spiro atoms. The highest BCUT2D eigenvalue weighted by Crippen LogP contribution is 2.61. The van der Waals surface area contributed by atoms with E-state index in [9.17, 15) is 0 Å². The number of hydrogen-bond donors (Lipinski definition) is 0. The molecule has 0 saturated carbocycles. The second kappa shape index (κ2) is 14.4. The van der Waals surface area contributed by atoms with Crippen LogP contribution in [0.1, 0.15) is 98.3 Å². The summed E-state index contributed by atoms with van der Waals surface area (Å²) in [5, 5.41) is 0. The summed E-state index contributed by atoms with van der Waals surface area (Å²) in [6.07, 6.45) is 22.4. The minimum absolute atomic E-state index is 0.591. The maximum Gasteiger partial charge on any atom is 0.0594 e. The average molecular weight is 302 g/mol. The van der Waals surface area contributed by atoms with Gasteiger partial charge in [-0.15, -0.1) is 0 Å². The van der Waals surface area contributed by atoms with Crippen LogP contribution in [-0.2, 0) is 0 Å². The van der Waals surface area contributed by atoms with Crippen LogP contribution >= 0.6 is 7.26 Å². The molecule has 0 aromatic heterocycles. The molecule has 0 saturated heterocycles. The van der Waals surface area contributed by atoms with E-state index in [0.29, 0.717) is 0 Å². The lowest BCUT2D eigenvalue weighted by Crippen LogP contribution is -2.12. The van der Waals surface area contributed by atoms with Crippen molar-refractivity contribution in [2.75, 3.05) is 24.6 Å². The quantitative estimate of drug-likeness (QED) is 0.219. The number of hydrogen-bond acceptors (Lipinski definition) is 0. The first kappa shape index (κ1) is 20.4. The predicted molar refractivity (Wildman–Crippen MR) is 99.9 cm³/mol. The summed E-state index contributed by atoms with van der Waals surface area (Å²) < 4.78 is 0. The molecule has 122 valence electrons. The third-order valence-corrected chi connectivity index (χ3v) is 9.85. The normalized spacial score (nSPS) is 14.4. The average Bonchev–Trinajstić information content (AvgIpc) is 2.45. The Morgan fingerprint density at radius 1 is 0.400 bits per heavy atom. The summed E-state index contributed by atoms with van der Waals surface area (Å²) >= 11 is 0. The molecule has 0 aromatic carbocycles. The van der Waals surface area contributed by atoms with Crippen LogP contribution in [0.4, 0.5) is 0 Å². The van der Waals surface area contributed by atoms with Crippen molar-refractivity contribution in [1.29, 1.82) is 0 Å². The summed E-state index contributed by atoms with van der Waals surface area (Å²) in [5.74, 6) is 0. The van der Waals surface area contributed by atoms with E-state index in [-0.39, 0.29) is 0 Å². The number of rotatable bonds is 15. The van der Waals surface area contributed by atoms with Gasteiger partial charge in [-0.3, -0.25) is 0 Å². The van der Waals surface area contributed by atoms with Crippen molar-refractivity contribution in [2.24, 2.45) is 0 Å². The molecule has 1 heteroatoms. The van der Waals surface area contributed by atoms with Gasteiger partial charge in [0.2, 0.25) is 0 Å². The van der Waals surface area contributed by atoms with Gasteiger partial charge < -0.3 is 0 Å². The molecule has 1 atom stereocenters. The van der Waals surface area contributed by atoms with Crippen molar-refractivity contribution < 1.29 is 0 Å². The molecule has 0 radical (unpaired) electrons. The highest BCUT2D eigenvalue weighted by molar-refractivity contribution is 7.75. The molecule has 1 unspecified atom stereocenters. The monoisotopic (exact) mass is 301 g/mol. The first-order valence-electron chi connectivity index (χ1n) is 9.59. The van der Waals surface area contributed by atoms with Gasteiger partial charge in [0, 0.05) is 7.26 Å². The highest BCUT2D eigenvalue weighted by Gasteiger charge is 2.34. The van der Waals surface area contributed by atoms with Gasteiger partial charge in [0.05, 0.1) is 24.6 Å². The van der Waals surface area contributed by atoms with Crippen molar-refractivity contribution in [1.82, 2.24) is 0 Å². The molecule has 0 fully saturated rings. The van der Waals surface area contributed by atoms with Crippen molar-refractivity contribution in [3.63, 3.8) is 0 Å². The molecule has 0 rings (SSSR count). The minimum Gasteiger partial charge on any atom is -0.0654 e. The lowest BCUT2D eigenvalue weighted by atomic mass is 10.2. The van der Waals surface area contributed by atoms with Crippen LogP contribution in [0.2, 0.25) is 0 Å². The molecule has 0 nitrogen and oxygen atoms in total. The van der Waals surface area contributed by atoms with Gasteiger partial charge in [-0.25, -0.2) is 0 Å². The first-order valence-corrected chi connectivity index (χ1v) is 12.1. The van der Waals surface area contributed by atoms with E-state index in [1.165, 1.54) is 70.6 Å². The van der Waals surface area contributed by atoms with Gasteiger partial charge in [-0.2, -0.15) is 0 Å².